The van der Waals surface area contributed by atoms with Gasteiger partial charge >= 0.3 is 0 Å². The summed E-state index contributed by atoms with van der Waals surface area (Å²) in [5.74, 6) is 0.0665. The molecule has 6 nitrogen and oxygen atoms in total. The van der Waals surface area contributed by atoms with Crippen molar-refractivity contribution in [3.05, 3.63) is 72.3 Å². The van der Waals surface area contributed by atoms with Gasteiger partial charge in [0.15, 0.2) is 0 Å². The third kappa shape index (κ3) is 4.16. The number of likely N-dealkylation sites (N-methyl/N-ethyl adjacent to an activating group) is 1. The van der Waals surface area contributed by atoms with Crippen LogP contribution in [-0.2, 0) is 14.8 Å². The Labute approximate surface area is 188 Å². The molecule has 0 radical (unpaired) electrons. The molecule has 1 unspecified atom stereocenters. The van der Waals surface area contributed by atoms with E-state index in [2.05, 4.69) is 10.2 Å². The molecule has 0 bridgehead atoms. The molecule has 5 rings (SSSR count). The molecule has 1 aliphatic carbocycles. The first kappa shape index (κ1) is 21.1. The van der Waals surface area contributed by atoms with E-state index in [0.717, 1.165) is 41.5 Å². The van der Waals surface area contributed by atoms with Crippen LogP contribution in [0, 0.1) is 5.92 Å². The molecule has 2 aliphatic rings. The van der Waals surface area contributed by atoms with Crippen molar-refractivity contribution in [1.82, 2.24) is 9.21 Å². The van der Waals surface area contributed by atoms with Gasteiger partial charge in [-0.2, -0.15) is 4.31 Å². The lowest BCUT2D eigenvalue weighted by Gasteiger charge is -2.31. The van der Waals surface area contributed by atoms with Crippen molar-refractivity contribution in [3.63, 3.8) is 0 Å². The fraction of sp³-hybridized carbons (Fsp3) is 0.320. The number of nitrogens with zero attached hydrogens (tertiary/aromatic N) is 2. The van der Waals surface area contributed by atoms with E-state index in [9.17, 15) is 13.2 Å². The summed E-state index contributed by atoms with van der Waals surface area (Å²) in [6.07, 6.45) is 0.782. The van der Waals surface area contributed by atoms with Crippen LogP contribution in [-0.4, -0.2) is 56.8 Å². The quantitative estimate of drug-likeness (QED) is 0.647. The van der Waals surface area contributed by atoms with Gasteiger partial charge in [0.25, 0.3) is 0 Å². The molecule has 1 amide bonds. The number of carbonyl (C=O) groups excluding carboxylic acids is 1. The minimum Gasteiger partial charge on any atom is -0.326 e. The molecule has 3 aromatic carbocycles. The Morgan fingerprint density at radius 1 is 0.906 bits per heavy atom. The first-order chi connectivity index (χ1) is 15.4. The van der Waals surface area contributed by atoms with Gasteiger partial charge in [-0.3, -0.25) is 4.79 Å². The van der Waals surface area contributed by atoms with E-state index >= 15 is 0 Å². The SMILES string of the molecule is CN1CCN(S(=O)(=O)c2ccc(C3C[C@H]3C(=O)Nc3ccc4ccccc4c3)cc2)CC1. The standard InChI is InChI=1S/C25H27N3O3S/c1-27-12-14-28(15-13-27)32(30,31)22-10-7-19(8-11-22)23-17-24(23)25(29)26-21-9-6-18-4-2-3-5-20(18)16-21/h2-11,16,23-24H,12-15,17H2,1H3,(H,26,29)/t23?,24-/m1/s1. The highest BCUT2D eigenvalue weighted by molar-refractivity contribution is 7.89. The highest BCUT2D eigenvalue weighted by atomic mass is 32.2. The Hall–Kier alpha value is -2.74. The summed E-state index contributed by atoms with van der Waals surface area (Å²) in [4.78, 5) is 15.2. The van der Waals surface area contributed by atoms with Gasteiger partial charge in [0, 0.05) is 37.8 Å². The molecular weight excluding hydrogens is 422 g/mol. The lowest BCUT2D eigenvalue weighted by Crippen LogP contribution is -2.46. The fourth-order valence-corrected chi connectivity index (χ4v) is 5.84. The lowest BCUT2D eigenvalue weighted by molar-refractivity contribution is -0.117. The number of anilines is 1. The number of benzene rings is 3. The smallest absolute Gasteiger partial charge is 0.243 e. The molecule has 1 N–H and O–H groups in total. The predicted molar refractivity (Wildman–Crippen MR) is 126 cm³/mol. The molecular formula is C25H27N3O3S. The Bertz CT molecular complexity index is 1250. The third-order valence-electron chi connectivity index (χ3n) is 6.55. The molecule has 0 aromatic heterocycles. The number of rotatable bonds is 5. The van der Waals surface area contributed by atoms with Gasteiger partial charge in [0.2, 0.25) is 15.9 Å². The maximum Gasteiger partial charge on any atom is 0.243 e. The second kappa shape index (κ2) is 8.31. The van der Waals surface area contributed by atoms with Gasteiger partial charge < -0.3 is 10.2 Å². The molecule has 0 spiro atoms. The van der Waals surface area contributed by atoms with Crippen molar-refractivity contribution in [2.24, 2.45) is 5.92 Å². The molecule has 1 saturated carbocycles. The zero-order chi connectivity index (χ0) is 22.3. The van der Waals surface area contributed by atoms with Crippen LogP contribution in [0.15, 0.2) is 71.6 Å². The van der Waals surface area contributed by atoms with Crippen molar-refractivity contribution in [2.45, 2.75) is 17.2 Å². The fourth-order valence-electron chi connectivity index (χ4n) is 4.42. The number of carbonyl (C=O) groups is 1. The van der Waals surface area contributed by atoms with E-state index in [1.165, 1.54) is 0 Å². The lowest BCUT2D eigenvalue weighted by atomic mass is 10.1. The Kier molecular flexibility index (Phi) is 5.49. The van der Waals surface area contributed by atoms with E-state index in [4.69, 9.17) is 0 Å². The second-order valence-corrected chi connectivity index (χ2v) is 10.7. The maximum atomic E-state index is 12.9. The van der Waals surface area contributed by atoms with Crippen molar-refractivity contribution >= 4 is 32.4 Å². The van der Waals surface area contributed by atoms with Crippen molar-refractivity contribution in [3.8, 4) is 0 Å². The first-order valence-corrected chi connectivity index (χ1v) is 12.4. The highest BCUT2D eigenvalue weighted by Gasteiger charge is 2.44. The van der Waals surface area contributed by atoms with Crippen molar-refractivity contribution in [1.29, 1.82) is 0 Å². The Balaban J connectivity index is 1.23. The molecule has 2 fully saturated rings. The minimum atomic E-state index is -3.47. The number of hydrogen-bond acceptors (Lipinski definition) is 4. The Morgan fingerprint density at radius 3 is 2.31 bits per heavy atom. The van der Waals surface area contributed by atoms with Gasteiger partial charge in [-0.25, -0.2) is 8.42 Å². The summed E-state index contributed by atoms with van der Waals surface area (Å²) < 4.78 is 27.4. The van der Waals surface area contributed by atoms with Crippen LogP contribution in [0.2, 0.25) is 0 Å². The summed E-state index contributed by atoms with van der Waals surface area (Å²) in [6, 6.07) is 21.1. The van der Waals surface area contributed by atoms with Crippen molar-refractivity contribution < 1.29 is 13.2 Å². The van der Waals surface area contributed by atoms with E-state index in [-0.39, 0.29) is 17.7 Å². The second-order valence-electron chi connectivity index (χ2n) is 8.78. The zero-order valence-corrected chi connectivity index (χ0v) is 18.9. The molecule has 32 heavy (non-hydrogen) atoms. The van der Waals surface area contributed by atoms with E-state index in [1.54, 1.807) is 16.4 Å². The summed E-state index contributed by atoms with van der Waals surface area (Å²) in [5, 5.41) is 5.27. The van der Waals surface area contributed by atoms with Gasteiger partial charge in [-0.1, -0.05) is 42.5 Å². The van der Waals surface area contributed by atoms with Gasteiger partial charge in [-0.05, 0) is 60.0 Å². The molecule has 1 heterocycles. The number of piperazine rings is 1. The number of fused-ring (bicyclic) bond motifs is 1. The first-order valence-electron chi connectivity index (χ1n) is 11.0. The normalized spacial score (nSPS) is 22.0. The molecule has 3 aromatic rings. The van der Waals surface area contributed by atoms with Crippen LogP contribution in [0.25, 0.3) is 10.8 Å². The maximum absolute atomic E-state index is 12.9. The van der Waals surface area contributed by atoms with Gasteiger partial charge in [-0.15, -0.1) is 0 Å². The largest absolute Gasteiger partial charge is 0.326 e. The average Bonchev–Trinajstić information content (AvgIpc) is 3.61. The predicted octanol–water partition coefficient (Wildman–Crippen LogP) is 3.52. The third-order valence-corrected chi connectivity index (χ3v) is 8.47. The molecule has 1 aliphatic heterocycles. The van der Waals surface area contributed by atoms with Gasteiger partial charge in [0.1, 0.15) is 0 Å². The number of hydrogen-bond donors (Lipinski definition) is 1. The summed E-state index contributed by atoms with van der Waals surface area (Å²) in [5.41, 5.74) is 1.81. The molecule has 166 valence electrons. The molecule has 2 atom stereocenters. The van der Waals surface area contributed by atoms with Crippen molar-refractivity contribution in [2.75, 3.05) is 38.5 Å². The number of amides is 1. The van der Waals surface area contributed by atoms with E-state index in [0.29, 0.717) is 18.0 Å². The van der Waals surface area contributed by atoms with Crippen LogP contribution in [0.1, 0.15) is 17.9 Å². The molecule has 7 heteroatoms. The monoisotopic (exact) mass is 449 g/mol. The van der Waals surface area contributed by atoms with E-state index < -0.39 is 10.0 Å². The summed E-state index contributed by atoms with van der Waals surface area (Å²) in [7, 11) is -1.47. The van der Waals surface area contributed by atoms with Crippen LogP contribution < -0.4 is 5.32 Å². The van der Waals surface area contributed by atoms with E-state index in [1.807, 2.05) is 61.6 Å². The highest BCUT2D eigenvalue weighted by Crippen LogP contribution is 2.48. The summed E-state index contributed by atoms with van der Waals surface area (Å²) in [6.45, 7) is 2.52. The number of nitrogens with one attached hydrogen (secondary N) is 1. The Morgan fingerprint density at radius 2 is 1.59 bits per heavy atom. The summed E-state index contributed by atoms with van der Waals surface area (Å²) >= 11 is 0. The van der Waals surface area contributed by atoms with Crippen LogP contribution in [0.5, 0.6) is 0 Å². The topological polar surface area (TPSA) is 69.7 Å². The average molecular weight is 450 g/mol. The van der Waals surface area contributed by atoms with Crippen LogP contribution in [0.3, 0.4) is 0 Å². The van der Waals surface area contributed by atoms with Crippen LogP contribution in [0.4, 0.5) is 5.69 Å². The van der Waals surface area contributed by atoms with Crippen LogP contribution >= 0.6 is 0 Å². The number of sulfonamides is 1. The zero-order valence-electron chi connectivity index (χ0n) is 18.1. The van der Waals surface area contributed by atoms with Gasteiger partial charge in [0.05, 0.1) is 4.90 Å². The molecule has 1 saturated heterocycles. The minimum absolute atomic E-state index is 0.0133.